The predicted octanol–water partition coefficient (Wildman–Crippen LogP) is 3.39. The average molecular weight is 275 g/mol. The fourth-order valence-electron chi connectivity index (χ4n) is 1.99. The number of fused-ring (bicyclic) bond motifs is 1. The molecule has 3 nitrogen and oxygen atoms in total. The molecule has 0 fully saturated rings. The molecular formula is C14H14FN3S. The Morgan fingerprint density at radius 3 is 2.89 bits per heavy atom. The van der Waals surface area contributed by atoms with Gasteiger partial charge in [0.15, 0.2) is 4.96 Å². The largest absolute Gasteiger partial charge is 0.305 e. The predicted molar refractivity (Wildman–Crippen MR) is 74.7 cm³/mol. The second-order valence-electron chi connectivity index (χ2n) is 4.48. The van der Waals surface area contributed by atoms with E-state index in [1.807, 2.05) is 22.2 Å². The maximum Gasteiger partial charge on any atom is 0.193 e. The lowest BCUT2D eigenvalue weighted by molar-refractivity contribution is 0.566. The maximum atomic E-state index is 12.9. The van der Waals surface area contributed by atoms with Crippen LogP contribution in [0.25, 0.3) is 4.96 Å². The first-order chi connectivity index (χ1) is 9.22. The number of nitrogens with one attached hydrogen (secondary N) is 1. The van der Waals surface area contributed by atoms with Crippen molar-refractivity contribution in [2.45, 2.75) is 19.5 Å². The molecule has 3 aromatic rings. The zero-order valence-electron chi connectivity index (χ0n) is 10.5. The van der Waals surface area contributed by atoms with Crippen LogP contribution in [0.15, 0.2) is 42.0 Å². The number of thiazole rings is 1. The third-order valence-corrected chi connectivity index (χ3v) is 3.87. The number of rotatable bonds is 4. The third kappa shape index (κ3) is 2.67. The van der Waals surface area contributed by atoms with Crippen molar-refractivity contribution in [2.24, 2.45) is 0 Å². The smallest absolute Gasteiger partial charge is 0.193 e. The highest BCUT2D eigenvalue weighted by molar-refractivity contribution is 7.15. The van der Waals surface area contributed by atoms with Gasteiger partial charge in [0.05, 0.1) is 5.69 Å². The molecule has 98 valence electrons. The quantitative estimate of drug-likeness (QED) is 0.791. The summed E-state index contributed by atoms with van der Waals surface area (Å²) in [6.07, 6.45) is 4.02. The molecule has 1 unspecified atom stereocenters. The Balaban J connectivity index is 1.65. The standard InChI is InChI=1S/C14H14FN3S/c1-10(11-2-4-12(15)5-3-11)16-8-13-9-18-6-7-19-14(18)17-13/h2-7,9-10,16H,8H2,1H3. The lowest BCUT2D eigenvalue weighted by atomic mass is 10.1. The lowest BCUT2D eigenvalue weighted by Crippen LogP contribution is -2.18. The number of hydrogen-bond donors (Lipinski definition) is 1. The molecule has 0 amide bonds. The second kappa shape index (κ2) is 5.11. The van der Waals surface area contributed by atoms with Gasteiger partial charge in [-0.3, -0.25) is 4.40 Å². The van der Waals surface area contributed by atoms with Crippen molar-refractivity contribution in [3.63, 3.8) is 0 Å². The molecule has 0 bridgehead atoms. The highest BCUT2D eigenvalue weighted by atomic mass is 32.1. The zero-order valence-corrected chi connectivity index (χ0v) is 11.3. The second-order valence-corrected chi connectivity index (χ2v) is 5.35. The van der Waals surface area contributed by atoms with Crippen LogP contribution >= 0.6 is 11.3 Å². The summed E-state index contributed by atoms with van der Waals surface area (Å²) < 4.78 is 14.9. The lowest BCUT2D eigenvalue weighted by Gasteiger charge is -2.13. The summed E-state index contributed by atoms with van der Waals surface area (Å²) in [5.74, 6) is -0.203. The highest BCUT2D eigenvalue weighted by Crippen LogP contribution is 2.15. The first kappa shape index (κ1) is 12.3. The van der Waals surface area contributed by atoms with Crippen molar-refractivity contribution in [1.82, 2.24) is 14.7 Å². The van der Waals surface area contributed by atoms with Gasteiger partial charge in [-0.2, -0.15) is 0 Å². The van der Waals surface area contributed by atoms with Crippen LogP contribution in [0.1, 0.15) is 24.2 Å². The molecule has 0 radical (unpaired) electrons. The molecule has 19 heavy (non-hydrogen) atoms. The van der Waals surface area contributed by atoms with Gasteiger partial charge in [0.25, 0.3) is 0 Å². The van der Waals surface area contributed by atoms with Crippen LogP contribution in [0, 0.1) is 5.82 Å². The first-order valence-corrected chi connectivity index (χ1v) is 7.00. The minimum atomic E-state index is -0.203. The maximum absolute atomic E-state index is 12.9. The van der Waals surface area contributed by atoms with Gasteiger partial charge in [0.1, 0.15) is 5.82 Å². The van der Waals surface area contributed by atoms with E-state index >= 15 is 0 Å². The van der Waals surface area contributed by atoms with Gasteiger partial charge in [-0.25, -0.2) is 9.37 Å². The summed E-state index contributed by atoms with van der Waals surface area (Å²) in [7, 11) is 0. The van der Waals surface area contributed by atoms with Crippen LogP contribution in [0.5, 0.6) is 0 Å². The van der Waals surface area contributed by atoms with E-state index in [9.17, 15) is 4.39 Å². The molecule has 0 spiro atoms. The van der Waals surface area contributed by atoms with Crippen molar-refractivity contribution in [2.75, 3.05) is 0 Å². The first-order valence-electron chi connectivity index (χ1n) is 6.12. The summed E-state index contributed by atoms with van der Waals surface area (Å²) >= 11 is 1.62. The van der Waals surface area contributed by atoms with Gasteiger partial charge in [-0.15, -0.1) is 11.3 Å². The number of halogens is 1. The summed E-state index contributed by atoms with van der Waals surface area (Å²) in [5.41, 5.74) is 2.09. The molecule has 0 aliphatic heterocycles. The van der Waals surface area contributed by atoms with E-state index in [1.165, 1.54) is 12.1 Å². The fraction of sp³-hybridized carbons (Fsp3) is 0.214. The number of nitrogens with zero attached hydrogens (tertiary/aromatic N) is 2. The van der Waals surface area contributed by atoms with E-state index in [0.717, 1.165) is 16.2 Å². The Hall–Kier alpha value is -1.72. The Kier molecular flexibility index (Phi) is 3.31. The van der Waals surface area contributed by atoms with E-state index in [-0.39, 0.29) is 11.9 Å². The normalized spacial score (nSPS) is 12.9. The fourth-order valence-corrected chi connectivity index (χ4v) is 2.71. The number of hydrogen-bond acceptors (Lipinski definition) is 3. The van der Waals surface area contributed by atoms with Crippen LogP contribution in [0.2, 0.25) is 0 Å². The molecule has 1 N–H and O–H groups in total. The van der Waals surface area contributed by atoms with E-state index in [4.69, 9.17) is 0 Å². The molecule has 1 atom stereocenters. The molecule has 2 aromatic heterocycles. The molecule has 1 aromatic carbocycles. The van der Waals surface area contributed by atoms with Crippen molar-refractivity contribution in [3.05, 3.63) is 59.1 Å². The Bertz CT molecular complexity index is 643. The van der Waals surface area contributed by atoms with Gasteiger partial charge >= 0.3 is 0 Å². The van der Waals surface area contributed by atoms with Crippen molar-refractivity contribution in [1.29, 1.82) is 0 Å². The highest BCUT2D eigenvalue weighted by Gasteiger charge is 2.07. The van der Waals surface area contributed by atoms with Gasteiger partial charge < -0.3 is 5.32 Å². The summed E-state index contributed by atoms with van der Waals surface area (Å²) in [6, 6.07) is 6.75. The molecule has 0 saturated carbocycles. The Labute approximate surface area is 114 Å². The van der Waals surface area contributed by atoms with Gasteiger partial charge in [-0.05, 0) is 24.6 Å². The van der Waals surface area contributed by atoms with E-state index < -0.39 is 0 Å². The van der Waals surface area contributed by atoms with E-state index in [2.05, 4.69) is 17.2 Å². The van der Waals surface area contributed by atoms with Gasteiger partial charge in [0.2, 0.25) is 0 Å². The van der Waals surface area contributed by atoms with Crippen LogP contribution < -0.4 is 5.32 Å². The van der Waals surface area contributed by atoms with Gasteiger partial charge in [-0.1, -0.05) is 12.1 Å². The minimum absolute atomic E-state index is 0.167. The van der Waals surface area contributed by atoms with E-state index in [1.54, 1.807) is 23.5 Å². The van der Waals surface area contributed by atoms with Crippen LogP contribution in [-0.2, 0) is 6.54 Å². The number of benzene rings is 1. The van der Waals surface area contributed by atoms with Crippen LogP contribution in [0.4, 0.5) is 4.39 Å². The Morgan fingerprint density at radius 1 is 1.37 bits per heavy atom. The summed E-state index contributed by atoms with van der Waals surface area (Å²) in [4.78, 5) is 5.52. The van der Waals surface area contributed by atoms with Gasteiger partial charge in [0, 0.05) is 30.4 Å². The topological polar surface area (TPSA) is 29.3 Å². The van der Waals surface area contributed by atoms with Crippen molar-refractivity contribution in [3.8, 4) is 0 Å². The number of imidazole rings is 1. The SMILES string of the molecule is CC(NCc1cn2ccsc2n1)c1ccc(F)cc1. The minimum Gasteiger partial charge on any atom is -0.305 e. The molecule has 0 aliphatic carbocycles. The van der Waals surface area contributed by atoms with Crippen molar-refractivity contribution >= 4 is 16.3 Å². The average Bonchev–Trinajstić information content (AvgIpc) is 2.97. The molecule has 0 aliphatic rings. The van der Waals surface area contributed by atoms with Crippen molar-refractivity contribution < 1.29 is 4.39 Å². The van der Waals surface area contributed by atoms with Crippen LogP contribution in [0.3, 0.4) is 0 Å². The summed E-state index contributed by atoms with van der Waals surface area (Å²) in [6.45, 7) is 2.76. The summed E-state index contributed by atoms with van der Waals surface area (Å²) in [5, 5.41) is 5.41. The monoisotopic (exact) mass is 275 g/mol. The molecule has 0 saturated heterocycles. The molecule has 3 rings (SSSR count). The Morgan fingerprint density at radius 2 is 2.16 bits per heavy atom. The molecule has 5 heteroatoms. The molecule has 2 heterocycles. The zero-order chi connectivity index (χ0) is 13.2. The molecular weight excluding hydrogens is 261 g/mol. The number of aromatic nitrogens is 2. The van der Waals surface area contributed by atoms with Crippen LogP contribution in [-0.4, -0.2) is 9.38 Å². The third-order valence-electron chi connectivity index (χ3n) is 3.10. The van der Waals surface area contributed by atoms with E-state index in [0.29, 0.717) is 6.54 Å².